The fourth-order valence-electron chi connectivity index (χ4n) is 2.47. The summed E-state index contributed by atoms with van der Waals surface area (Å²) in [5.74, 6) is 0.518. The number of carbonyl (C=O) groups is 1. The molecule has 0 atom stereocenters. The van der Waals surface area contributed by atoms with E-state index in [1.54, 1.807) is 29.6 Å². The first-order valence-electron chi connectivity index (χ1n) is 7.94. The van der Waals surface area contributed by atoms with Crippen LogP contribution in [0.2, 0.25) is 0 Å². The van der Waals surface area contributed by atoms with Crippen LogP contribution in [0.5, 0.6) is 5.75 Å². The van der Waals surface area contributed by atoms with Crippen molar-refractivity contribution in [1.29, 1.82) is 0 Å². The number of anilines is 1. The van der Waals surface area contributed by atoms with Gasteiger partial charge in [0, 0.05) is 18.0 Å². The van der Waals surface area contributed by atoms with Gasteiger partial charge in [-0.25, -0.2) is 9.97 Å². The molecule has 130 valence electrons. The maximum atomic E-state index is 12.8. The standard InChI is InChI=1S/C19H15N3O2S2/c1-22(19-21-16-7-2-3-8-17(16)26-19)18(23)13-5-4-6-15(9-13)24-10-14-11-25-12-20-14/h2-9,11-12H,10H2,1H3. The minimum absolute atomic E-state index is 0.122. The Bertz CT molecular complexity index is 1010. The second-order valence-electron chi connectivity index (χ2n) is 5.62. The number of hydrogen-bond acceptors (Lipinski definition) is 6. The van der Waals surface area contributed by atoms with Crippen LogP contribution in [0.25, 0.3) is 10.2 Å². The predicted molar refractivity (Wildman–Crippen MR) is 105 cm³/mol. The maximum Gasteiger partial charge on any atom is 0.259 e. The minimum atomic E-state index is -0.122. The third kappa shape index (κ3) is 3.44. The smallest absolute Gasteiger partial charge is 0.259 e. The number of rotatable bonds is 5. The monoisotopic (exact) mass is 381 g/mol. The lowest BCUT2D eigenvalue weighted by Crippen LogP contribution is -2.26. The fraction of sp³-hybridized carbons (Fsp3) is 0.105. The van der Waals surface area contributed by atoms with Gasteiger partial charge in [0.05, 0.1) is 21.4 Å². The Hall–Kier alpha value is -2.77. The second kappa shape index (κ2) is 7.23. The van der Waals surface area contributed by atoms with Gasteiger partial charge in [-0.15, -0.1) is 11.3 Å². The van der Waals surface area contributed by atoms with Crippen molar-refractivity contribution in [3.8, 4) is 5.75 Å². The van der Waals surface area contributed by atoms with E-state index in [9.17, 15) is 4.79 Å². The largest absolute Gasteiger partial charge is 0.487 e. The van der Waals surface area contributed by atoms with E-state index in [1.807, 2.05) is 41.8 Å². The van der Waals surface area contributed by atoms with Gasteiger partial charge >= 0.3 is 0 Å². The third-order valence-corrected chi connectivity index (χ3v) is 5.57. The summed E-state index contributed by atoms with van der Waals surface area (Å²) in [5, 5.41) is 2.61. The molecule has 0 aliphatic carbocycles. The van der Waals surface area contributed by atoms with Crippen LogP contribution >= 0.6 is 22.7 Å². The van der Waals surface area contributed by atoms with Crippen LogP contribution in [-0.4, -0.2) is 22.9 Å². The van der Waals surface area contributed by atoms with Crippen molar-refractivity contribution >= 4 is 43.9 Å². The summed E-state index contributed by atoms with van der Waals surface area (Å²) in [5.41, 5.74) is 4.10. The molecule has 2 aromatic carbocycles. The zero-order valence-electron chi connectivity index (χ0n) is 14.0. The number of thiazole rings is 2. The molecule has 1 amide bonds. The third-order valence-electron chi connectivity index (χ3n) is 3.83. The van der Waals surface area contributed by atoms with Gasteiger partial charge in [-0.05, 0) is 30.3 Å². The van der Waals surface area contributed by atoms with Crippen molar-refractivity contribution < 1.29 is 9.53 Å². The SMILES string of the molecule is CN(C(=O)c1cccc(OCc2cscn2)c1)c1nc2ccccc2s1. The highest BCUT2D eigenvalue weighted by Crippen LogP contribution is 2.29. The Balaban J connectivity index is 1.52. The van der Waals surface area contributed by atoms with E-state index in [0.717, 1.165) is 15.9 Å². The Kier molecular flexibility index (Phi) is 4.64. The molecule has 0 aliphatic heterocycles. The van der Waals surface area contributed by atoms with Gasteiger partial charge in [0.25, 0.3) is 5.91 Å². The van der Waals surface area contributed by atoms with E-state index < -0.39 is 0 Å². The summed E-state index contributed by atoms with van der Waals surface area (Å²) < 4.78 is 6.79. The molecular weight excluding hydrogens is 366 g/mol. The lowest BCUT2D eigenvalue weighted by molar-refractivity contribution is 0.0992. The summed E-state index contributed by atoms with van der Waals surface area (Å²) in [4.78, 5) is 23.1. The summed E-state index contributed by atoms with van der Waals surface area (Å²) >= 11 is 3.02. The molecule has 0 spiro atoms. The average Bonchev–Trinajstić information content (AvgIpc) is 3.34. The van der Waals surface area contributed by atoms with Gasteiger partial charge in [-0.2, -0.15) is 0 Å². The molecule has 0 N–H and O–H groups in total. The number of carbonyl (C=O) groups excluding carboxylic acids is 1. The van der Waals surface area contributed by atoms with E-state index >= 15 is 0 Å². The Morgan fingerprint density at radius 1 is 1.19 bits per heavy atom. The normalized spacial score (nSPS) is 10.8. The van der Waals surface area contributed by atoms with Gasteiger partial charge in [0.15, 0.2) is 5.13 Å². The van der Waals surface area contributed by atoms with Crippen LogP contribution in [0, 0.1) is 0 Å². The number of nitrogens with zero attached hydrogens (tertiary/aromatic N) is 3. The Labute approximate surface area is 158 Å². The van der Waals surface area contributed by atoms with Crippen molar-refractivity contribution in [3.05, 3.63) is 70.7 Å². The summed E-state index contributed by atoms with van der Waals surface area (Å²) in [6.45, 7) is 0.384. The molecule has 2 heterocycles. The first kappa shape index (κ1) is 16.7. The van der Waals surface area contributed by atoms with Crippen LogP contribution in [-0.2, 0) is 6.61 Å². The number of hydrogen-bond donors (Lipinski definition) is 0. The van der Waals surface area contributed by atoms with E-state index in [-0.39, 0.29) is 5.91 Å². The van der Waals surface area contributed by atoms with Crippen molar-refractivity contribution in [2.75, 3.05) is 11.9 Å². The number of ether oxygens (including phenoxy) is 1. The number of fused-ring (bicyclic) bond motifs is 1. The summed E-state index contributed by atoms with van der Waals surface area (Å²) in [7, 11) is 1.74. The van der Waals surface area contributed by atoms with Crippen molar-refractivity contribution in [2.45, 2.75) is 6.61 Å². The van der Waals surface area contributed by atoms with Crippen molar-refractivity contribution in [2.24, 2.45) is 0 Å². The number of para-hydroxylation sites is 1. The summed E-state index contributed by atoms with van der Waals surface area (Å²) in [6.07, 6.45) is 0. The zero-order chi connectivity index (χ0) is 17.9. The lowest BCUT2D eigenvalue weighted by Gasteiger charge is -2.14. The molecule has 0 radical (unpaired) electrons. The van der Waals surface area contributed by atoms with E-state index in [0.29, 0.717) is 23.1 Å². The van der Waals surface area contributed by atoms with E-state index in [4.69, 9.17) is 4.74 Å². The highest BCUT2D eigenvalue weighted by molar-refractivity contribution is 7.22. The zero-order valence-corrected chi connectivity index (χ0v) is 15.6. The highest BCUT2D eigenvalue weighted by Gasteiger charge is 2.17. The quantitative estimate of drug-likeness (QED) is 0.507. The Morgan fingerprint density at radius 3 is 2.88 bits per heavy atom. The molecule has 0 aliphatic rings. The van der Waals surface area contributed by atoms with Crippen LogP contribution in [0.1, 0.15) is 16.1 Å². The van der Waals surface area contributed by atoms with Crippen molar-refractivity contribution in [1.82, 2.24) is 9.97 Å². The van der Waals surface area contributed by atoms with Gasteiger partial charge < -0.3 is 4.74 Å². The van der Waals surface area contributed by atoms with Crippen molar-refractivity contribution in [3.63, 3.8) is 0 Å². The van der Waals surface area contributed by atoms with Gasteiger partial charge in [0.1, 0.15) is 12.4 Å². The topological polar surface area (TPSA) is 55.3 Å². The maximum absolute atomic E-state index is 12.8. The molecule has 4 rings (SSSR count). The molecule has 0 saturated carbocycles. The second-order valence-corrected chi connectivity index (χ2v) is 7.35. The molecule has 4 aromatic rings. The molecule has 26 heavy (non-hydrogen) atoms. The molecule has 2 aromatic heterocycles. The van der Waals surface area contributed by atoms with Gasteiger partial charge in [-0.1, -0.05) is 29.5 Å². The average molecular weight is 381 g/mol. The first-order valence-corrected chi connectivity index (χ1v) is 9.70. The molecular formula is C19H15N3O2S2. The predicted octanol–water partition coefficient (Wildman–Crippen LogP) is 4.61. The highest BCUT2D eigenvalue weighted by atomic mass is 32.1. The number of benzene rings is 2. The molecule has 7 heteroatoms. The molecule has 0 saturated heterocycles. The van der Waals surface area contributed by atoms with Crippen LogP contribution in [0.15, 0.2) is 59.4 Å². The fourth-order valence-corrected chi connectivity index (χ4v) is 3.94. The van der Waals surface area contributed by atoms with Crippen LogP contribution < -0.4 is 9.64 Å². The van der Waals surface area contributed by atoms with Crippen LogP contribution in [0.4, 0.5) is 5.13 Å². The lowest BCUT2D eigenvalue weighted by atomic mass is 10.2. The molecule has 0 unspecified atom stereocenters. The molecule has 0 fully saturated rings. The molecule has 5 nitrogen and oxygen atoms in total. The Morgan fingerprint density at radius 2 is 2.08 bits per heavy atom. The van der Waals surface area contributed by atoms with E-state index in [2.05, 4.69) is 9.97 Å². The first-order chi connectivity index (χ1) is 12.7. The number of aromatic nitrogens is 2. The molecule has 0 bridgehead atoms. The summed E-state index contributed by atoms with van der Waals surface area (Å²) in [6, 6.07) is 15.0. The van der Waals surface area contributed by atoms with E-state index in [1.165, 1.54) is 22.7 Å². The number of amides is 1. The van der Waals surface area contributed by atoms with Crippen LogP contribution in [0.3, 0.4) is 0 Å². The van der Waals surface area contributed by atoms with Gasteiger partial charge in [-0.3, -0.25) is 9.69 Å². The minimum Gasteiger partial charge on any atom is -0.487 e. The van der Waals surface area contributed by atoms with Gasteiger partial charge in [0.2, 0.25) is 0 Å².